The lowest BCUT2D eigenvalue weighted by molar-refractivity contribution is 0.158. The zero-order valence-corrected chi connectivity index (χ0v) is 12.3. The van der Waals surface area contributed by atoms with Crippen LogP contribution in [0.3, 0.4) is 0 Å². The minimum Gasteiger partial charge on any atom is -0.376 e. The van der Waals surface area contributed by atoms with Crippen molar-refractivity contribution in [3.8, 4) is 0 Å². The Labute approximate surface area is 120 Å². The van der Waals surface area contributed by atoms with Gasteiger partial charge < -0.3 is 10.1 Å². The number of nitrogens with one attached hydrogen (secondary N) is 1. The van der Waals surface area contributed by atoms with Crippen molar-refractivity contribution in [2.24, 2.45) is 0 Å². The van der Waals surface area contributed by atoms with Gasteiger partial charge in [0.1, 0.15) is 0 Å². The highest BCUT2D eigenvalue weighted by atomic mass is 16.5. The average Bonchev–Trinajstić information content (AvgIpc) is 2.42. The van der Waals surface area contributed by atoms with E-state index >= 15 is 0 Å². The topological polar surface area (TPSA) is 34.1 Å². The summed E-state index contributed by atoms with van der Waals surface area (Å²) < 4.78 is 5.47. The number of aryl methyl sites for hydroxylation is 1. The van der Waals surface area contributed by atoms with Crippen molar-refractivity contribution in [2.45, 2.75) is 20.4 Å². The first-order valence-corrected chi connectivity index (χ1v) is 6.95. The van der Waals surface area contributed by atoms with Crippen molar-refractivity contribution in [2.75, 3.05) is 19.8 Å². The van der Waals surface area contributed by atoms with Crippen LogP contribution >= 0.6 is 0 Å². The van der Waals surface area contributed by atoms with Crippen LogP contribution in [0.4, 0.5) is 0 Å². The monoisotopic (exact) mass is 270 g/mol. The SMILES string of the molecule is C=C(C)COCCNCc1cc(C)nc2ccccc12. The fourth-order valence-electron chi connectivity index (χ4n) is 2.15. The lowest BCUT2D eigenvalue weighted by atomic mass is 10.1. The molecule has 3 nitrogen and oxygen atoms in total. The van der Waals surface area contributed by atoms with Gasteiger partial charge in [-0.25, -0.2) is 0 Å². The molecule has 1 N–H and O–H groups in total. The molecule has 0 spiro atoms. The Morgan fingerprint density at radius 2 is 2.15 bits per heavy atom. The number of hydrogen-bond acceptors (Lipinski definition) is 3. The van der Waals surface area contributed by atoms with Crippen LogP contribution in [-0.2, 0) is 11.3 Å². The molecule has 0 aliphatic rings. The van der Waals surface area contributed by atoms with E-state index in [9.17, 15) is 0 Å². The normalized spacial score (nSPS) is 10.9. The molecule has 0 fully saturated rings. The number of nitrogens with zero attached hydrogens (tertiary/aromatic N) is 1. The van der Waals surface area contributed by atoms with Gasteiger partial charge in [-0.15, -0.1) is 0 Å². The maximum Gasteiger partial charge on any atom is 0.0708 e. The molecule has 106 valence electrons. The Hall–Kier alpha value is -1.71. The number of aromatic nitrogens is 1. The number of para-hydroxylation sites is 1. The second-order valence-corrected chi connectivity index (χ2v) is 5.13. The molecule has 0 bridgehead atoms. The summed E-state index contributed by atoms with van der Waals surface area (Å²) >= 11 is 0. The van der Waals surface area contributed by atoms with Crippen LogP contribution in [-0.4, -0.2) is 24.7 Å². The maximum atomic E-state index is 5.47. The van der Waals surface area contributed by atoms with Crippen molar-refractivity contribution in [3.63, 3.8) is 0 Å². The smallest absolute Gasteiger partial charge is 0.0708 e. The zero-order chi connectivity index (χ0) is 14.4. The number of rotatable bonds is 7. The molecule has 0 saturated heterocycles. The summed E-state index contributed by atoms with van der Waals surface area (Å²) in [4.78, 5) is 4.55. The molecule has 0 radical (unpaired) electrons. The van der Waals surface area contributed by atoms with Crippen molar-refractivity contribution >= 4 is 10.9 Å². The molecule has 3 heteroatoms. The van der Waals surface area contributed by atoms with Gasteiger partial charge in [0.15, 0.2) is 0 Å². The van der Waals surface area contributed by atoms with Gasteiger partial charge in [-0.2, -0.15) is 0 Å². The molecule has 0 aliphatic heterocycles. The number of pyridine rings is 1. The summed E-state index contributed by atoms with van der Waals surface area (Å²) in [6, 6.07) is 10.4. The van der Waals surface area contributed by atoms with E-state index in [1.54, 1.807) is 0 Å². The first kappa shape index (κ1) is 14.7. The Morgan fingerprint density at radius 1 is 1.35 bits per heavy atom. The third kappa shape index (κ3) is 4.15. The molecular weight excluding hydrogens is 248 g/mol. The summed E-state index contributed by atoms with van der Waals surface area (Å²) in [6.45, 7) is 10.8. The number of fused-ring (bicyclic) bond motifs is 1. The van der Waals surface area contributed by atoms with Crippen molar-refractivity contribution in [1.82, 2.24) is 10.3 Å². The third-order valence-corrected chi connectivity index (χ3v) is 3.02. The highest BCUT2D eigenvalue weighted by molar-refractivity contribution is 5.82. The summed E-state index contributed by atoms with van der Waals surface area (Å²) in [5.74, 6) is 0. The molecule has 0 saturated carbocycles. The van der Waals surface area contributed by atoms with Gasteiger partial charge >= 0.3 is 0 Å². The van der Waals surface area contributed by atoms with E-state index in [1.165, 1.54) is 10.9 Å². The first-order chi connectivity index (χ1) is 9.66. The quantitative estimate of drug-likeness (QED) is 0.619. The summed E-state index contributed by atoms with van der Waals surface area (Å²) in [7, 11) is 0. The maximum absolute atomic E-state index is 5.47. The first-order valence-electron chi connectivity index (χ1n) is 6.95. The molecular formula is C17H22N2O. The predicted octanol–water partition coefficient (Wildman–Crippen LogP) is 3.23. The molecule has 1 aromatic carbocycles. The second-order valence-electron chi connectivity index (χ2n) is 5.13. The van der Waals surface area contributed by atoms with Gasteiger partial charge in [-0.1, -0.05) is 30.4 Å². The number of hydrogen-bond donors (Lipinski definition) is 1. The molecule has 0 unspecified atom stereocenters. The van der Waals surface area contributed by atoms with E-state index in [1.807, 2.05) is 19.9 Å². The van der Waals surface area contributed by atoms with E-state index in [2.05, 4.69) is 41.1 Å². The Balaban J connectivity index is 1.91. The molecule has 2 rings (SSSR count). The van der Waals surface area contributed by atoms with Crippen LogP contribution in [0.15, 0.2) is 42.5 Å². The minimum absolute atomic E-state index is 0.638. The fourth-order valence-corrected chi connectivity index (χ4v) is 2.15. The number of ether oxygens (including phenoxy) is 1. The molecule has 1 aromatic heterocycles. The van der Waals surface area contributed by atoms with E-state index in [4.69, 9.17) is 4.74 Å². The third-order valence-electron chi connectivity index (χ3n) is 3.02. The van der Waals surface area contributed by atoms with Crippen LogP contribution in [0.2, 0.25) is 0 Å². The van der Waals surface area contributed by atoms with E-state index < -0.39 is 0 Å². The highest BCUT2D eigenvalue weighted by Crippen LogP contribution is 2.17. The van der Waals surface area contributed by atoms with Gasteiger partial charge in [0.2, 0.25) is 0 Å². The molecule has 0 amide bonds. The van der Waals surface area contributed by atoms with E-state index in [0.29, 0.717) is 13.2 Å². The van der Waals surface area contributed by atoms with Crippen LogP contribution in [0.1, 0.15) is 18.2 Å². The summed E-state index contributed by atoms with van der Waals surface area (Å²) in [5, 5.41) is 4.63. The molecule has 0 atom stereocenters. The molecule has 1 heterocycles. The van der Waals surface area contributed by atoms with Crippen molar-refractivity contribution < 1.29 is 4.74 Å². The van der Waals surface area contributed by atoms with Crippen LogP contribution < -0.4 is 5.32 Å². The van der Waals surface area contributed by atoms with Crippen LogP contribution in [0, 0.1) is 6.92 Å². The van der Waals surface area contributed by atoms with E-state index in [0.717, 1.165) is 29.9 Å². The van der Waals surface area contributed by atoms with Gasteiger partial charge in [0, 0.05) is 24.2 Å². The fraction of sp³-hybridized carbons (Fsp3) is 0.353. The lowest BCUT2D eigenvalue weighted by Gasteiger charge is -2.09. The molecule has 2 aromatic rings. The number of benzene rings is 1. The second kappa shape index (κ2) is 7.17. The zero-order valence-electron chi connectivity index (χ0n) is 12.3. The van der Waals surface area contributed by atoms with Gasteiger partial charge in [-0.3, -0.25) is 4.98 Å². The van der Waals surface area contributed by atoms with Crippen molar-refractivity contribution in [1.29, 1.82) is 0 Å². The lowest BCUT2D eigenvalue weighted by Crippen LogP contribution is -2.20. The van der Waals surface area contributed by atoms with Crippen LogP contribution in [0.25, 0.3) is 10.9 Å². The highest BCUT2D eigenvalue weighted by Gasteiger charge is 2.03. The van der Waals surface area contributed by atoms with Gasteiger partial charge in [-0.05, 0) is 31.5 Å². The molecule has 20 heavy (non-hydrogen) atoms. The largest absolute Gasteiger partial charge is 0.376 e. The van der Waals surface area contributed by atoms with Gasteiger partial charge in [0.25, 0.3) is 0 Å². The van der Waals surface area contributed by atoms with Gasteiger partial charge in [0.05, 0.1) is 18.7 Å². The van der Waals surface area contributed by atoms with Crippen molar-refractivity contribution in [3.05, 3.63) is 53.7 Å². The predicted molar refractivity (Wildman–Crippen MR) is 83.8 cm³/mol. The summed E-state index contributed by atoms with van der Waals surface area (Å²) in [6.07, 6.45) is 0. The average molecular weight is 270 g/mol. The van der Waals surface area contributed by atoms with Crippen LogP contribution in [0.5, 0.6) is 0 Å². The Bertz CT molecular complexity index is 593. The minimum atomic E-state index is 0.638. The standard InChI is InChI=1S/C17H22N2O/c1-13(2)12-20-9-8-18-11-15-10-14(3)19-17-7-5-4-6-16(15)17/h4-7,10,18H,1,8-9,11-12H2,2-3H3. The molecule has 0 aliphatic carbocycles. The van der Waals surface area contributed by atoms with E-state index in [-0.39, 0.29) is 0 Å². The Morgan fingerprint density at radius 3 is 2.95 bits per heavy atom. The summed E-state index contributed by atoms with van der Waals surface area (Å²) in [5.41, 5.74) is 4.45. The Kier molecular flexibility index (Phi) is 5.27.